The Hall–Kier alpha value is -4.30. The van der Waals surface area contributed by atoms with Gasteiger partial charge in [0.15, 0.2) is 5.82 Å². The molecule has 0 radical (unpaired) electrons. The normalized spacial score (nSPS) is 10.4. The van der Waals surface area contributed by atoms with Gasteiger partial charge in [0.25, 0.3) is 11.8 Å². The quantitative estimate of drug-likeness (QED) is 0.352. The van der Waals surface area contributed by atoms with Crippen molar-refractivity contribution in [3.8, 4) is 17.1 Å². The van der Waals surface area contributed by atoms with Crippen molar-refractivity contribution in [2.24, 2.45) is 0 Å². The Balaban J connectivity index is 1.65. The molecule has 0 spiro atoms. The number of benzene rings is 3. The highest BCUT2D eigenvalue weighted by Gasteiger charge is 2.19. The van der Waals surface area contributed by atoms with Gasteiger partial charge in [0.1, 0.15) is 0 Å². The number of hydrogen-bond donors (Lipinski definition) is 3. The van der Waals surface area contributed by atoms with Crippen molar-refractivity contribution in [2.75, 3.05) is 5.32 Å². The number of hydroxylamine groups is 1. The van der Waals surface area contributed by atoms with Crippen LogP contribution in [0.4, 0.5) is 5.69 Å². The maximum Gasteiger partial charge on any atom is 0.295 e. The molecule has 0 aliphatic carbocycles. The lowest BCUT2D eigenvalue weighted by molar-refractivity contribution is 0.0706. The molecule has 0 saturated heterocycles. The first-order valence-electron chi connectivity index (χ1n) is 9.09. The molecule has 3 N–H and O–H groups in total. The largest absolute Gasteiger partial charge is 0.319 e. The molecular weight excluding hydrogens is 382 g/mol. The summed E-state index contributed by atoms with van der Waals surface area (Å²) in [5, 5.41) is 15.8. The predicted molar refractivity (Wildman–Crippen MR) is 110 cm³/mol. The van der Waals surface area contributed by atoms with Gasteiger partial charge in [-0.2, -0.15) is 0 Å². The first-order valence-corrected chi connectivity index (χ1v) is 9.09. The van der Waals surface area contributed by atoms with Crippen LogP contribution in [0, 0.1) is 0 Å². The molecule has 2 amide bonds. The van der Waals surface area contributed by atoms with Crippen LogP contribution in [0.3, 0.4) is 0 Å². The van der Waals surface area contributed by atoms with Gasteiger partial charge in [-0.15, -0.1) is 5.10 Å². The molecule has 0 aliphatic rings. The number of carbonyl (C=O) groups excluding carboxylic acids is 2. The molecule has 0 atom stereocenters. The third kappa shape index (κ3) is 3.94. The third-order valence-electron chi connectivity index (χ3n) is 4.35. The fraction of sp³-hybridized carbons (Fsp3) is 0. The first-order chi connectivity index (χ1) is 14.7. The Labute approximate surface area is 171 Å². The molecule has 0 unspecified atom stereocenters. The van der Waals surface area contributed by atoms with Gasteiger partial charge < -0.3 is 5.32 Å². The number of carbonyl (C=O) groups is 2. The number of hydrogen-bond acceptors (Lipinski definition) is 5. The number of para-hydroxylation sites is 1. The summed E-state index contributed by atoms with van der Waals surface area (Å²) in [6.45, 7) is 0. The maximum atomic E-state index is 12.7. The molecule has 0 aliphatic heterocycles. The van der Waals surface area contributed by atoms with E-state index in [1.54, 1.807) is 22.3 Å². The lowest BCUT2D eigenvalue weighted by Crippen LogP contribution is -2.18. The average molecular weight is 399 g/mol. The number of anilines is 1. The molecule has 1 heterocycles. The molecule has 0 bridgehead atoms. The molecule has 4 rings (SSSR count). The molecule has 4 aromatic rings. The van der Waals surface area contributed by atoms with E-state index in [2.05, 4.69) is 15.4 Å². The Morgan fingerprint density at radius 3 is 2.07 bits per heavy atom. The van der Waals surface area contributed by atoms with Crippen LogP contribution in [0.5, 0.6) is 0 Å². The Morgan fingerprint density at radius 1 is 0.800 bits per heavy atom. The van der Waals surface area contributed by atoms with Gasteiger partial charge in [0.05, 0.1) is 5.69 Å². The van der Waals surface area contributed by atoms with Crippen LogP contribution < -0.4 is 10.8 Å². The van der Waals surface area contributed by atoms with E-state index in [4.69, 9.17) is 5.21 Å². The second-order valence-corrected chi connectivity index (χ2v) is 6.34. The van der Waals surface area contributed by atoms with Crippen molar-refractivity contribution < 1.29 is 14.8 Å². The van der Waals surface area contributed by atoms with E-state index in [1.165, 1.54) is 12.1 Å². The average Bonchev–Trinajstić information content (AvgIpc) is 3.26. The van der Waals surface area contributed by atoms with Crippen LogP contribution >= 0.6 is 0 Å². The monoisotopic (exact) mass is 399 g/mol. The number of nitrogens with one attached hydrogen (secondary N) is 2. The number of amides is 2. The highest BCUT2D eigenvalue weighted by atomic mass is 16.5. The van der Waals surface area contributed by atoms with Crippen molar-refractivity contribution in [1.82, 2.24) is 20.2 Å². The van der Waals surface area contributed by atoms with Crippen molar-refractivity contribution in [3.05, 3.63) is 96.3 Å². The smallest absolute Gasteiger partial charge is 0.295 e. The standard InChI is InChI=1S/C22H17N5O3/c28-21(26-30)16-11-13-17(14-12-16)23-22(29)19-24-20(15-7-3-1-4-8-15)27(25-19)18-9-5-2-6-10-18/h1-14,30H,(H,23,29)(H,26,28). The summed E-state index contributed by atoms with van der Waals surface area (Å²) >= 11 is 0. The summed E-state index contributed by atoms with van der Waals surface area (Å²) in [5.74, 6) is -0.568. The van der Waals surface area contributed by atoms with Crippen molar-refractivity contribution >= 4 is 17.5 Å². The van der Waals surface area contributed by atoms with Gasteiger partial charge in [0, 0.05) is 16.8 Å². The molecule has 8 heteroatoms. The van der Waals surface area contributed by atoms with Crippen LogP contribution in [-0.2, 0) is 0 Å². The second-order valence-electron chi connectivity index (χ2n) is 6.34. The highest BCUT2D eigenvalue weighted by molar-refractivity contribution is 6.02. The lowest BCUT2D eigenvalue weighted by Gasteiger charge is -2.05. The molecular formula is C22H17N5O3. The zero-order valence-electron chi connectivity index (χ0n) is 15.7. The van der Waals surface area contributed by atoms with Gasteiger partial charge in [0.2, 0.25) is 5.82 Å². The summed E-state index contributed by atoms with van der Waals surface area (Å²) in [6.07, 6.45) is 0. The van der Waals surface area contributed by atoms with Gasteiger partial charge in [-0.25, -0.2) is 15.1 Å². The molecule has 3 aromatic carbocycles. The minimum atomic E-state index is -0.636. The van der Waals surface area contributed by atoms with E-state index >= 15 is 0 Å². The SMILES string of the molecule is O=C(NO)c1ccc(NC(=O)c2nc(-c3ccccc3)n(-c3ccccc3)n2)cc1. The summed E-state index contributed by atoms with van der Waals surface area (Å²) in [5.41, 5.74) is 3.89. The van der Waals surface area contributed by atoms with Gasteiger partial charge in [-0.3, -0.25) is 14.8 Å². The Kier molecular flexibility index (Phi) is 5.31. The summed E-state index contributed by atoms with van der Waals surface area (Å²) in [6, 6.07) is 25.0. The molecule has 1 aromatic heterocycles. The lowest BCUT2D eigenvalue weighted by atomic mass is 10.2. The number of rotatable bonds is 5. The van der Waals surface area contributed by atoms with E-state index in [1.807, 2.05) is 60.7 Å². The zero-order chi connectivity index (χ0) is 20.9. The summed E-state index contributed by atoms with van der Waals surface area (Å²) < 4.78 is 1.62. The fourth-order valence-corrected chi connectivity index (χ4v) is 2.89. The minimum absolute atomic E-state index is 0.00915. The number of nitrogens with zero attached hydrogens (tertiary/aromatic N) is 3. The minimum Gasteiger partial charge on any atom is -0.319 e. The van der Waals surface area contributed by atoms with Crippen LogP contribution in [0.1, 0.15) is 21.0 Å². The van der Waals surface area contributed by atoms with Crippen LogP contribution in [-0.4, -0.2) is 31.8 Å². The fourth-order valence-electron chi connectivity index (χ4n) is 2.89. The van der Waals surface area contributed by atoms with Crippen LogP contribution in [0.2, 0.25) is 0 Å². The molecule has 0 fully saturated rings. The highest BCUT2D eigenvalue weighted by Crippen LogP contribution is 2.21. The van der Waals surface area contributed by atoms with Gasteiger partial charge in [-0.05, 0) is 36.4 Å². The van der Waals surface area contributed by atoms with Gasteiger partial charge >= 0.3 is 0 Å². The van der Waals surface area contributed by atoms with E-state index in [0.29, 0.717) is 11.5 Å². The van der Waals surface area contributed by atoms with E-state index < -0.39 is 11.8 Å². The topological polar surface area (TPSA) is 109 Å². The van der Waals surface area contributed by atoms with Crippen LogP contribution in [0.25, 0.3) is 17.1 Å². The third-order valence-corrected chi connectivity index (χ3v) is 4.35. The van der Waals surface area contributed by atoms with Crippen molar-refractivity contribution in [2.45, 2.75) is 0 Å². The van der Waals surface area contributed by atoms with Crippen molar-refractivity contribution in [3.63, 3.8) is 0 Å². The van der Waals surface area contributed by atoms with Crippen LogP contribution in [0.15, 0.2) is 84.9 Å². The molecule has 8 nitrogen and oxygen atoms in total. The van der Waals surface area contributed by atoms with E-state index in [0.717, 1.165) is 11.3 Å². The summed E-state index contributed by atoms with van der Waals surface area (Å²) in [4.78, 5) is 28.6. The van der Waals surface area contributed by atoms with Crippen molar-refractivity contribution in [1.29, 1.82) is 0 Å². The molecule has 30 heavy (non-hydrogen) atoms. The first kappa shape index (κ1) is 19.0. The van der Waals surface area contributed by atoms with Gasteiger partial charge in [-0.1, -0.05) is 48.5 Å². The van der Waals surface area contributed by atoms with E-state index in [9.17, 15) is 9.59 Å². The summed E-state index contributed by atoms with van der Waals surface area (Å²) in [7, 11) is 0. The predicted octanol–water partition coefficient (Wildman–Crippen LogP) is 3.31. The zero-order valence-corrected chi connectivity index (χ0v) is 15.7. The Bertz CT molecular complexity index is 1120. The van der Waals surface area contributed by atoms with E-state index in [-0.39, 0.29) is 11.4 Å². The molecule has 0 saturated carbocycles. The second kappa shape index (κ2) is 8.38. The maximum absolute atomic E-state index is 12.7. The molecule has 148 valence electrons. The Morgan fingerprint density at radius 2 is 1.43 bits per heavy atom. The number of aromatic nitrogens is 3.